The first kappa shape index (κ1) is 30.4. The van der Waals surface area contributed by atoms with E-state index in [2.05, 4.69) is 53.1 Å². The van der Waals surface area contributed by atoms with E-state index in [1.165, 1.54) is 6.08 Å². The van der Waals surface area contributed by atoms with E-state index in [1.54, 1.807) is 34.0 Å². The summed E-state index contributed by atoms with van der Waals surface area (Å²) in [5.41, 5.74) is 1.70. The first-order valence-corrected chi connectivity index (χ1v) is 20.7. The Morgan fingerprint density at radius 2 is 1.35 bits per heavy atom. The zero-order valence-electron chi connectivity index (χ0n) is 23.1. The van der Waals surface area contributed by atoms with Gasteiger partial charge in [-0.05, 0) is 75.7 Å². The molecule has 194 valence electrons. The summed E-state index contributed by atoms with van der Waals surface area (Å²) in [7, 11) is -2.41. The zero-order chi connectivity index (χ0) is 26.3. The number of benzene rings is 1. The van der Waals surface area contributed by atoms with Crippen LogP contribution in [0.25, 0.3) is 6.08 Å². The van der Waals surface area contributed by atoms with Crippen LogP contribution in [0.15, 0.2) is 12.1 Å². The fourth-order valence-corrected chi connectivity index (χ4v) is 13.8. The molecule has 0 heterocycles. The van der Waals surface area contributed by atoms with Gasteiger partial charge in [-0.25, -0.2) is 4.79 Å². The third-order valence-electron chi connectivity index (χ3n) is 4.57. The van der Waals surface area contributed by atoms with Crippen molar-refractivity contribution < 1.29 is 31.7 Å². The Hall–Kier alpha value is -1.60. The molecule has 0 aliphatic carbocycles. The van der Waals surface area contributed by atoms with Crippen molar-refractivity contribution in [1.29, 1.82) is 0 Å². The van der Waals surface area contributed by atoms with Gasteiger partial charge in [0.1, 0.15) is 0 Å². The van der Waals surface area contributed by atoms with Crippen molar-refractivity contribution in [3.8, 4) is 17.2 Å². The third kappa shape index (κ3) is 9.95. The molecule has 0 aliphatic rings. The number of methoxy groups -OCH3 is 3. The van der Waals surface area contributed by atoms with Crippen LogP contribution in [-0.4, -0.2) is 52.7 Å². The Morgan fingerprint density at radius 1 is 0.853 bits per heavy atom. The number of hydrogen-bond donors (Lipinski definition) is 0. The fraction of sp³-hybridized carbons (Fsp3) is 0.625. The van der Waals surface area contributed by atoms with E-state index in [0.717, 1.165) is 18.4 Å². The molecule has 7 nitrogen and oxygen atoms in total. The van der Waals surface area contributed by atoms with E-state index >= 15 is 0 Å². The van der Waals surface area contributed by atoms with Crippen molar-refractivity contribution in [2.75, 3.05) is 21.3 Å². The SMILES string of the molecule is COc1c(C=CC(=O)O[Si](C)(O[Si](C)(C)C)O[Si](C)(C)C)cc(CCC(C)C)c(OC)c1OC. The molecule has 0 bridgehead atoms. The molecule has 0 fully saturated rings. The van der Waals surface area contributed by atoms with Crippen molar-refractivity contribution >= 4 is 37.5 Å². The highest BCUT2D eigenvalue weighted by Gasteiger charge is 2.46. The largest absolute Gasteiger partial charge is 0.543 e. The summed E-state index contributed by atoms with van der Waals surface area (Å²) in [5, 5.41) is 0. The van der Waals surface area contributed by atoms with E-state index in [9.17, 15) is 4.79 Å². The predicted molar refractivity (Wildman–Crippen MR) is 145 cm³/mol. The number of ether oxygens (including phenoxy) is 3. The standard InChI is InChI=1S/C24H44O7Si3/c1-18(2)13-14-19-17-20(23(27-4)24(28-5)22(19)26-3)15-16-21(25)29-34(12,30-32(6,7)8)31-33(9,10)11/h15-18H,13-14H2,1-12H3. The Labute approximate surface area is 209 Å². The van der Waals surface area contributed by atoms with Gasteiger partial charge in [0.2, 0.25) is 5.75 Å². The third-order valence-corrected chi connectivity index (χ3v) is 13.0. The summed E-state index contributed by atoms with van der Waals surface area (Å²) in [5.74, 6) is 1.67. The first-order chi connectivity index (χ1) is 15.5. The molecule has 0 N–H and O–H groups in total. The highest BCUT2D eigenvalue weighted by Crippen LogP contribution is 2.44. The molecular formula is C24H44O7Si3. The molecule has 34 heavy (non-hydrogen) atoms. The van der Waals surface area contributed by atoms with Gasteiger partial charge >= 0.3 is 14.8 Å². The molecular weight excluding hydrogens is 485 g/mol. The summed E-state index contributed by atoms with van der Waals surface area (Å²) < 4.78 is 35.2. The first-order valence-electron chi connectivity index (χ1n) is 11.7. The van der Waals surface area contributed by atoms with Gasteiger partial charge in [-0.1, -0.05) is 13.8 Å². The maximum Gasteiger partial charge on any atom is 0.543 e. The van der Waals surface area contributed by atoms with Crippen LogP contribution in [0.3, 0.4) is 0 Å². The summed E-state index contributed by atoms with van der Waals surface area (Å²) in [4.78, 5) is 12.9. The number of aryl methyl sites for hydroxylation is 1. The van der Waals surface area contributed by atoms with Crippen molar-refractivity contribution in [2.45, 2.75) is 72.5 Å². The minimum Gasteiger partial charge on any atom is -0.492 e. The highest BCUT2D eigenvalue weighted by molar-refractivity contribution is 6.85. The molecule has 0 aromatic heterocycles. The second kappa shape index (κ2) is 12.4. The van der Waals surface area contributed by atoms with Crippen molar-refractivity contribution in [3.05, 3.63) is 23.3 Å². The van der Waals surface area contributed by atoms with Crippen LogP contribution in [0, 0.1) is 5.92 Å². The molecule has 0 atom stereocenters. The van der Waals surface area contributed by atoms with Gasteiger partial charge in [0.25, 0.3) is 0 Å². The molecule has 0 aliphatic heterocycles. The minimum atomic E-state index is -3.17. The smallest absolute Gasteiger partial charge is 0.492 e. The Kier molecular flexibility index (Phi) is 11.1. The van der Waals surface area contributed by atoms with Crippen molar-refractivity contribution in [2.24, 2.45) is 5.92 Å². The number of hydrogen-bond acceptors (Lipinski definition) is 7. The quantitative estimate of drug-likeness (QED) is 0.225. The molecule has 1 rings (SSSR count). The van der Waals surface area contributed by atoms with Crippen LogP contribution >= 0.6 is 0 Å². The normalized spacial score (nSPS) is 12.9. The second-order valence-electron chi connectivity index (χ2n) is 10.7. The zero-order valence-corrected chi connectivity index (χ0v) is 26.1. The van der Waals surface area contributed by atoms with E-state index in [-0.39, 0.29) is 0 Å². The maximum absolute atomic E-state index is 12.9. The second-order valence-corrected chi connectivity index (χ2v) is 22.7. The maximum atomic E-state index is 12.9. The van der Waals surface area contributed by atoms with E-state index in [4.69, 9.17) is 26.9 Å². The summed E-state index contributed by atoms with van der Waals surface area (Å²) >= 11 is 0. The lowest BCUT2D eigenvalue weighted by Gasteiger charge is -2.36. The van der Waals surface area contributed by atoms with Gasteiger partial charge in [0.05, 0.1) is 21.3 Å². The Morgan fingerprint density at radius 3 is 1.76 bits per heavy atom. The Balaban J connectivity index is 3.33. The molecule has 1 aromatic rings. The number of carbonyl (C=O) groups excluding carboxylic acids is 1. The van der Waals surface area contributed by atoms with Crippen LogP contribution in [0.4, 0.5) is 0 Å². The van der Waals surface area contributed by atoms with Gasteiger partial charge in [-0.3, -0.25) is 0 Å². The molecule has 10 heteroatoms. The summed E-state index contributed by atoms with van der Waals surface area (Å²) in [6.45, 7) is 18.5. The molecule has 0 spiro atoms. The monoisotopic (exact) mass is 528 g/mol. The van der Waals surface area contributed by atoms with Crippen LogP contribution in [0.1, 0.15) is 31.4 Å². The molecule has 0 amide bonds. The molecule has 0 saturated heterocycles. The van der Waals surface area contributed by atoms with Crippen molar-refractivity contribution in [3.63, 3.8) is 0 Å². The highest BCUT2D eigenvalue weighted by atomic mass is 28.5. The average Bonchev–Trinajstić information content (AvgIpc) is 2.65. The van der Waals surface area contributed by atoms with Gasteiger partial charge in [0.15, 0.2) is 28.1 Å². The lowest BCUT2D eigenvalue weighted by molar-refractivity contribution is -0.131. The van der Waals surface area contributed by atoms with Crippen LogP contribution < -0.4 is 14.2 Å². The fourth-order valence-electron chi connectivity index (χ4n) is 3.62. The molecule has 0 unspecified atom stereocenters. The molecule has 1 aromatic carbocycles. The number of rotatable bonds is 13. The minimum absolute atomic E-state index is 0.494. The summed E-state index contributed by atoms with van der Waals surface area (Å²) in [6, 6.07) is 1.97. The predicted octanol–water partition coefficient (Wildman–Crippen LogP) is 6.13. The van der Waals surface area contributed by atoms with Gasteiger partial charge in [-0.15, -0.1) is 0 Å². The lowest BCUT2D eigenvalue weighted by Crippen LogP contribution is -2.55. The Bertz CT molecular complexity index is 840. The summed E-state index contributed by atoms with van der Waals surface area (Å²) in [6.07, 6.45) is 4.87. The van der Waals surface area contributed by atoms with Crippen LogP contribution in [0.2, 0.25) is 45.8 Å². The van der Waals surface area contributed by atoms with E-state index in [1.807, 2.05) is 6.07 Å². The van der Waals surface area contributed by atoms with E-state index in [0.29, 0.717) is 28.7 Å². The average molecular weight is 529 g/mol. The topological polar surface area (TPSA) is 72.5 Å². The van der Waals surface area contributed by atoms with Crippen LogP contribution in [0.5, 0.6) is 17.2 Å². The number of carbonyl (C=O) groups is 1. The van der Waals surface area contributed by atoms with Gasteiger partial charge in [0, 0.05) is 18.2 Å². The van der Waals surface area contributed by atoms with Crippen LogP contribution in [-0.2, 0) is 23.9 Å². The lowest BCUT2D eigenvalue weighted by atomic mass is 9.98. The van der Waals surface area contributed by atoms with E-state index < -0.39 is 31.4 Å². The van der Waals surface area contributed by atoms with Gasteiger partial charge < -0.3 is 26.9 Å². The molecule has 0 saturated carbocycles. The molecule has 0 radical (unpaired) electrons. The van der Waals surface area contributed by atoms with Crippen molar-refractivity contribution in [1.82, 2.24) is 0 Å². The van der Waals surface area contributed by atoms with Gasteiger partial charge in [-0.2, -0.15) is 0 Å².